The van der Waals surface area contributed by atoms with E-state index in [2.05, 4.69) is 10.3 Å². The number of hydrogen-bond donors (Lipinski definition) is 1. The van der Waals surface area contributed by atoms with Crippen LogP contribution in [0.5, 0.6) is 11.5 Å². The van der Waals surface area contributed by atoms with Gasteiger partial charge in [-0.15, -0.1) is 5.10 Å². The van der Waals surface area contributed by atoms with Gasteiger partial charge in [-0.2, -0.15) is 0 Å². The van der Waals surface area contributed by atoms with Gasteiger partial charge in [-0.1, -0.05) is 12.1 Å². The third-order valence-electron chi connectivity index (χ3n) is 3.82. The van der Waals surface area contributed by atoms with Crippen LogP contribution in [-0.4, -0.2) is 40.3 Å². The van der Waals surface area contributed by atoms with Gasteiger partial charge in [0.1, 0.15) is 11.7 Å². The first-order chi connectivity index (χ1) is 12.1. The van der Waals surface area contributed by atoms with Crippen molar-refractivity contribution in [3.05, 3.63) is 23.9 Å². The van der Waals surface area contributed by atoms with Crippen molar-refractivity contribution in [3.63, 3.8) is 0 Å². The Morgan fingerprint density at radius 1 is 1.32 bits per heavy atom. The first-order valence-corrected chi connectivity index (χ1v) is 7.88. The quantitative estimate of drug-likeness (QED) is 0.783. The monoisotopic (exact) mass is 346 g/mol. The lowest BCUT2D eigenvalue weighted by molar-refractivity contribution is -0.121. The Hall–Kier alpha value is -3.10. The zero-order chi connectivity index (χ0) is 18.0. The fourth-order valence-electron chi connectivity index (χ4n) is 2.66. The number of aromatic nitrogens is 3. The van der Waals surface area contributed by atoms with Crippen LogP contribution in [0.4, 0.5) is 0 Å². The summed E-state index contributed by atoms with van der Waals surface area (Å²) in [6, 6.07) is 4.42. The van der Waals surface area contributed by atoms with Gasteiger partial charge >= 0.3 is 5.97 Å². The molecule has 25 heavy (non-hydrogen) atoms. The highest BCUT2D eigenvalue weighted by atomic mass is 16.7. The molecule has 9 heteroatoms. The standard InChI is InChI=1S/C16H18N4O5/c1-3-10(15(17)21)20-14(13(18-19-20)16(22)23-4-2)9-5-6-11-12(7-9)25-8-24-11/h5-7,10H,3-4,8H2,1-2H3,(H2,17,21)/t10-/m0/s1. The lowest BCUT2D eigenvalue weighted by atomic mass is 10.1. The van der Waals surface area contributed by atoms with E-state index in [1.54, 1.807) is 32.0 Å². The predicted molar refractivity (Wildman–Crippen MR) is 86.1 cm³/mol. The van der Waals surface area contributed by atoms with E-state index in [9.17, 15) is 9.59 Å². The van der Waals surface area contributed by atoms with Crippen LogP contribution in [0.25, 0.3) is 11.3 Å². The van der Waals surface area contributed by atoms with Crippen LogP contribution < -0.4 is 15.2 Å². The molecule has 0 aliphatic carbocycles. The third-order valence-corrected chi connectivity index (χ3v) is 3.82. The zero-order valence-corrected chi connectivity index (χ0v) is 13.9. The molecule has 0 fully saturated rings. The minimum atomic E-state index is -0.740. The first kappa shape index (κ1) is 16.7. The lowest BCUT2D eigenvalue weighted by Gasteiger charge is -2.15. The Morgan fingerprint density at radius 2 is 2.08 bits per heavy atom. The summed E-state index contributed by atoms with van der Waals surface area (Å²) in [5.41, 5.74) is 6.43. The van der Waals surface area contributed by atoms with Crippen molar-refractivity contribution in [1.82, 2.24) is 15.0 Å². The Morgan fingerprint density at radius 3 is 2.76 bits per heavy atom. The molecule has 1 aliphatic heterocycles. The second kappa shape index (κ2) is 6.80. The number of amides is 1. The maximum atomic E-state index is 12.3. The van der Waals surface area contributed by atoms with Gasteiger partial charge in [0.25, 0.3) is 0 Å². The van der Waals surface area contributed by atoms with Gasteiger partial charge in [0.2, 0.25) is 12.7 Å². The summed E-state index contributed by atoms with van der Waals surface area (Å²) in [5, 5.41) is 7.89. The van der Waals surface area contributed by atoms with Crippen LogP contribution in [0.3, 0.4) is 0 Å². The number of carbonyl (C=O) groups excluding carboxylic acids is 2. The maximum Gasteiger partial charge on any atom is 0.361 e. The van der Waals surface area contributed by atoms with E-state index in [1.807, 2.05) is 0 Å². The summed E-state index contributed by atoms with van der Waals surface area (Å²) in [7, 11) is 0. The Labute approximate surface area is 143 Å². The van der Waals surface area contributed by atoms with Crippen molar-refractivity contribution >= 4 is 11.9 Å². The van der Waals surface area contributed by atoms with E-state index < -0.39 is 17.9 Å². The number of rotatable bonds is 6. The van der Waals surface area contributed by atoms with E-state index in [4.69, 9.17) is 19.9 Å². The van der Waals surface area contributed by atoms with Gasteiger partial charge in [-0.05, 0) is 31.5 Å². The van der Waals surface area contributed by atoms with Crippen LogP contribution in [0.15, 0.2) is 18.2 Å². The molecule has 0 bridgehead atoms. The van der Waals surface area contributed by atoms with Crippen molar-refractivity contribution in [2.75, 3.05) is 13.4 Å². The Balaban J connectivity index is 2.15. The van der Waals surface area contributed by atoms with Gasteiger partial charge in [0.15, 0.2) is 17.2 Å². The molecule has 1 amide bonds. The molecule has 1 aromatic heterocycles. The number of ether oxygens (including phenoxy) is 3. The van der Waals surface area contributed by atoms with Crippen molar-refractivity contribution in [3.8, 4) is 22.8 Å². The molecular formula is C16H18N4O5. The molecule has 0 saturated carbocycles. The van der Waals surface area contributed by atoms with E-state index in [0.29, 0.717) is 29.2 Å². The maximum absolute atomic E-state index is 12.3. The first-order valence-electron chi connectivity index (χ1n) is 7.88. The smallest absolute Gasteiger partial charge is 0.361 e. The molecule has 0 unspecified atom stereocenters. The Kier molecular flexibility index (Phi) is 4.55. The zero-order valence-electron chi connectivity index (χ0n) is 13.9. The number of esters is 1. The fraction of sp³-hybridized carbons (Fsp3) is 0.375. The SMILES string of the molecule is CCOC(=O)c1nnn([C@@H](CC)C(N)=O)c1-c1ccc2c(c1)OCO2. The molecule has 1 aliphatic rings. The van der Waals surface area contributed by atoms with Crippen molar-refractivity contribution in [1.29, 1.82) is 0 Å². The second-order valence-electron chi connectivity index (χ2n) is 5.35. The summed E-state index contributed by atoms with van der Waals surface area (Å²) >= 11 is 0. The van der Waals surface area contributed by atoms with E-state index in [0.717, 1.165) is 0 Å². The summed E-state index contributed by atoms with van der Waals surface area (Å²) in [6.07, 6.45) is 0.401. The highest BCUT2D eigenvalue weighted by Gasteiger charge is 2.29. The van der Waals surface area contributed by atoms with Crippen molar-refractivity contribution in [2.24, 2.45) is 5.73 Å². The van der Waals surface area contributed by atoms with Crippen LogP contribution in [0.1, 0.15) is 36.8 Å². The van der Waals surface area contributed by atoms with Crippen LogP contribution in [-0.2, 0) is 9.53 Å². The van der Waals surface area contributed by atoms with Crippen LogP contribution in [0, 0.1) is 0 Å². The summed E-state index contributed by atoms with van der Waals surface area (Å²) in [4.78, 5) is 24.0. The number of hydrogen-bond acceptors (Lipinski definition) is 7. The number of fused-ring (bicyclic) bond motifs is 1. The van der Waals surface area contributed by atoms with E-state index >= 15 is 0 Å². The average Bonchev–Trinajstić information content (AvgIpc) is 3.21. The molecule has 0 radical (unpaired) electrons. The third kappa shape index (κ3) is 3.00. The number of nitrogens with two attached hydrogens (primary N) is 1. The molecule has 9 nitrogen and oxygen atoms in total. The van der Waals surface area contributed by atoms with E-state index in [-0.39, 0.29) is 19.1 Å². The topological polar surface area (TPSA) is 119 Å². The molecule has 0 saturated heterocycles. The summed E-state index contributed by atoms with van der Waals surface area (Å²) in [5.74, 6) is -0.0554. The molecule has 0 spiro atoms. The fourth-order valence-corrected chi connectivity index (χ4v) is 2.66. The van der Waals surface area contributed by atoms with Crippen LogP contribution in [0.2, 0.25) is 0 Å². The van der Waals surface area contributed by atoms with Crippen molar-refractivity contribution < 1.29 is 23.8 Å². The second-order valence-corrected chi connectivity index (χ2v) is 5.35. The number of primary amides is 1. The molecule has 132 valence electrons. The van der Waals surface area contributed by atoms with Gasteiger partial charge in [0.05, 0.1) is 6.61 Å². The van der Waals surface area contributed by atoms with Crippen LogP contribution >= 0.6 is 0 Å². The van der Waals surface area contributed by atoms with Gasteiger partial charge in [0, 0.05) is 5.56 Å². The lowest BCUT2D eigenvalue weighted by Crippen LogP contribution is -2.27. The summed E-state index contributed by atoms with van der Waals surface area (Å²) < 4.78 is 17.1. The average molecular weight is 346 g/mol. The normalized spacial score (nSPS) is 13.5. The number of benzene rings is 1. The minimum absolute atomic E-state index is 0.0143. The highest BCUT2D eigenvalue weighted by Crippen LogP contribution is 2.37. The van der Waals surface area contributed by atoms with Crippen molar-refractivity contribution in [2.45, 2.75) is 26.3 Å². The summed E-state index contributed by atoms with van der Waals surface area (Å²) in [6.45, 7) is 3.81. The van der Waals surface area contributed by atoms with Gasteiger partial charge in [-0.3, -0.25) is 4.79 Å². The largest absolute Gasteiger partial charge is 0.461 e. The Bertz CT molecular complexity index is 817. The highest BCUT2D eigenvalue weighted by molar-refractivity contribution is 5.94. The molecular weight excluding hydrogens is 328 g/mol. The number of nitrogens with zero attached hydrogens (tertiary/aromatic N) is 3. The van der Waals surface area contributed by atoms with E-state index in [1.165, 1.54) is 4.68 Å². The predicted octanol–water partition coefficient (Wildman–Crippen LogP) is 1.29. The molecule has 1 aromatic carbocycles. The molecule has 2 aromatic rings. The molecule has 2 N–H and O–H groups in total. The number of carbonyl (C=O) groups is 2. The minimum Gasteiger partial charge on any atom is -0.461 e. The molecule has 3 rings (SSSR count). The van der Waals surface area contributed by atoms with Gasteiger partial charge in [-0.25, -0.2) is 9.48 Å². The van der Waals surface area contributed by atoms with Gasteiger partial charge < -0.3 is 19.9 Å². The molecule has 1 atom stereocenters. The molecule has 2 heterocycles.